The van der Waals surface area contributed by atoms with Gasteiger partial charge in [0.2, 0.25) is 0 Å². The summed E-state index contributed by atoms with van der Waals surface area (Å²) in [5.74, 6) is 2.44. The predicted octanol–water partition coefficient (Wildman–Crippen LogP) is 5.18. The molecule has 0 saturated heterocycles. The molecule has 0 atom stereocenters. The van der Waals surface area contributed by atoms with Crippen LogP contribution in [0.3, 0.4) is 0 Å². The van der Waals surface area contributed by atoms with Gasteiger partial charge in [0.05, 0.1) is 0 Å². The normalized spacial score (nSPS) is 13.7. The van der Waals surface area contributed by atoms with Crippen LogP contribution in [0.2, 0.25) is 0 Å². The van der Waals surface area contributed by atoms with Crippen molar-refractivity contribution in [1.29, 1.82) is 0 Å². The minimum atomic E-state index is 0.400. The zero-order chi connectivity index (χ0) is 13.7. The Bertz CT molecular complexity index is 610. The number of ether oxygens (including phenoxy) is 1. The molecular weight excluding hydrogens is 232 g/mol. The van der Waals surface area contributed by atoms with Gasteiger partial charge in [0.1, 0.15) is 11.5 Å². The highest BCUT2D eigenvalue weighted by molar-refractivity contribution is 5.57. The van der Waals surface area contributed by atoms with Gasteiger partial charge in [-0.15, -0.1) is 0 Å². The highest BCUT2D eigenvalue weighted by atomic mass is 16.5. The molecule has 0 amide bonds. The van der Waals surface area contributed by atoms with E-state index < -0.39 is 0 Å². The second-order valence-corrected chi connectivity index (χ2v) is 5.77. The van der Waals surface area contributed by atoms with E-state index in [0.29, 0.717) is 5.92 Å². The standard InChI is InChI=1S/C18H20O/c1-10-6-15-14(5)16-7-11(2)13(4)9-18(16)19-17(15)8-12(10)3/h6-9,14H,1-5H3. The Balaban J connectivity index is 2.20. The van der Waals surface area contributed by atoms with E-state index in [9.17, 15) is 0 Å². The molecule has 1 aliphatic rings. The Kier molecular flexibility index (Phi) is 2.67. The lowest BCUT2D eigenvalue weighted by atomic mass is 9.86. The number of benzene rings is 2. The van der Waals surface area contributed by atoms with E-state index in [-0.39, 0.29) is 0 Å². The fourth-order valence-electron chi connectivity index (χ4n) is 2.76. The monoisotopic (exact) mass is 252 g/mol. The third kappa shape index (κ3) is 1.85. The second kappa shape index (κ2) is 4.12. The van der Waals surface area contributed by atoms with Gasteiger partial charge in [-0.25, -0.2) is 0 Å². The van der Waals surface area contributed by atoms with Crippen molar-refractivity contribution in [2.24, 2.45) is 0 Å². The molecule has 0 bridgehead atoms. The molecule has 0 unspecified atom stereocenters. The van der Waals surface area contributed by atoms with Crippen LogP contribution in [0.4, 0.5) is 0 Å². The average molecular weight is 252 g/mol. The summed E-state index contributed by atoms with van der Waals surface area (Å²) in [6, 6.07) is 8.87. The molecule has 1 nitrogen and oxygen atoms in total. The summed E-state index contributed by atoms with van der Waals surface area (Å²) in [4.78, 5) is 0. The van der Waals surface area contributed by atoms with Gasteiger partial charge in [-0.1, -0.05) is 19.1 Å². The third-order valence-electron chi connectivity index (χ3n) is 4.41. The van der Waals surface area contributed by atoms with Gasteiger partial charge in [-0.05, 0) is 62.1 Å². The van der Waals surface area contributed by atoms with Gasteiger partial charge in [0, 0.05) is 17.0 Å². The van der Waals surface area contributed by atoms with Crippen molar-refractivity contribution >= 4 is 0 Å². The average Bonchev–Trinajstić information content (AvgIpc) is 2.35. The van der Waals surface area contributed by atoms with Crippen LogP contribution in [0.15, 0.2) is 24.3 Å². The Morgan fingerprint density at radius 2 is 1.05 bits per heavy atom. The Labute approximate surface area is 115 Å². The minimum absolute atomic E-state index is 0.400. The number of hydrogen-bond acceptors (Lipinski definition) is 1. The number of aryl methyl sites for hydroxylation is 4. The summed E-state index contributed by atoms with van der Waals surface area (Å²) >= 11 is 0. The van der Waals surface area contributed by atoms with Crippen molar-refractivity contribution in [2.45, 2.75) is 40.5 Å². The second-order valence-electron chi connectivity index (χ2n) is 5.77. The minimum Gasteiger partial charge on any atom is -0.457 e. The molecule has 0 aliphatic carbocycles. The third-order valence-corrected chi connectivity index (χ3v) is 4.41. The topological polar surface area (TPSA) is 9.23 Å². The first-order valence-corrected chi connectivity index (χ1v) is 6.87. The van der Waals surface area contributed by atoms with Crippen molar-refractivity contribution in [3.05, 3.63) is 57.6 Å². The van der Waals surface area contributed by atoms with Crippen molar-refractivity contribution in [1.82, 2.24) is 0 Å². The van der Waals surface area contributed by atoms with E-state index in [1.165, 1.54) is 33.4 Å². The molecule has 0 fully saturated rings. The molecule has 0 spiro atoms. The predicted molar refractivity (Wildman–Crippen MR) is 79.4 cm³/mol. The fraction of sp³-hybridized carbons (Fsp3) is 0.333. The summed E-state index contributed by atoms with van der Waals surface area (Å²) in [5.41, 5.74) is 7.86. The molecule has 98 valence electrons. The van der Waals surface area contributed by atoms with Crippen LogP contribution in [0.1, 0.15) is 46.2 Å². The zero-order valence-electron chi connectivity index (χ0n) is 12.3. The molecule has 0 radical (unpaired) electrons. The van der Waals surface area contributed by atoms with Crippen LogP contribution in [-0.4, -0.2) is 0 Å². The van der Waals surface area contributed by atoms with Gasteiger partial charge in [0.25, 0.3) is 0 Å². The first kappa shape index (κ1) is 12.3. The first-order chi connectivity index (χ1) is 8.97. The molecule has 0 N–H and O–H groups in total. The SMILES string of the molecule is Cc1cc2c(cc1C)C(C)c1cc(C)c(C)cc1O2. The first-order valence-electron chi connectivity index (χ1n) is 6.87. The number of fused-ring (bicyclic) bond motifs is 2. The van der Waals surface area contributed by atoms with E-state index in [0.717, 1.165) is 11.5 Å². The number of rotatable bonds is 0. The maximum atomic E-state index is 6.12. The van der Waals surface area contributed by atoms with Gasteiger partial charge in [0.15, 0.2) is 0 Å². The van der Waals surface area contributed by atoms with Crippen LogP contribution in [0, 0.1) is 27.7 Å². The Morgan fingerprint density at radius 1 is 0.684 bits per heavy atom. The molecule has 1 heterocycles. The van der Waals surface area contributed by atoms with Crippen LogP contribution in [0.25, 0.3) is 0 Å². The highest BCUT2D eigenvalue weighted by Gasteiger charge is 2.25. The van der Waals surface area contributed by atoms with Crippen LogP contribution < -0.4 is 4.74 Å². The van der Waals surface area contributed by atoms with Crippen LogP contribution >= 0.6 is 0 Å². The summed E-state index contributed by atoms with van der Waals surface area (Å²) in [7, 11) is 0. The maximum absolute atomic E-state index is 6.12. The van der Waals surface area contributed by atoms with E-state index >= 15 is 0 Å². The Morgan fingerprint density at radius 3 is 1.47 bits per heavy atom. The molecule has 0 saturated carbocycles. The fourth-order valence-corrected chi connectivity index (χ4v) is 2.76. The molecule has 0 aromatic heterocycles. The van der Waals surface area contributed by atoms with Crippen molar-refractivity contribution in [3.8, 4) is 11.5 Å². The molecule has 3 rings (SSSR count). The van der Waals surface area contributed by atoms with Gasteiger partial charge >= 0.3 is 0 Å². The molecule has 2 aromatic carbocycles. The molecule has 2 aromatic rings. The van der Waals surface area contributed by atoms with Gasteiger partial charge in [-0.3, -0.25) is 0 Å². The molecule has 1 aliphatic heterocycles. The van der Waals surface area contributed by atoms with Gasteiger partial charge < -0.3 is 4.74 Å². The Hall–Kier alpha value is -1.76. The maximum Gasteiger partial charge on any atom is 0.131 e. The summed E-state index contributed by atoms with van der Waals surface area (Å²) in [5, 5.41) is 0. The highest BCUT2D eigenvalue weighted by Crippen LogP contribution is 2.45. The smallest absolute Gasteiger partial charge is 0.131 e. The lowest BCUT2D eigenvalue weighted by Crippen LogP contribution is -2.09. The lowest BCUT2D eigenvalue weighted by molar-refractivity contribution is 0.448. The van der Waals surface area contributed by atoms with Gasteiger partial charge in [-0.2, -0.15) is 0 Å². The van der Waals surface area contributed by atoms with E-state index in [1.54, 1.807) is 0 Å². The van der Waals surface area contributed by atoms with Crippen LogP contribution in [-0.2, 0) is 0 Å². The van der Waals surface area contributed by atoms with Crippen molar-refractivity contribution in [3.63, 3.8) is 0 Å². The lowest BCUT2D eigenvalue weighted by Gasteiger charge is -2.27. The quantitative estimate of drug-likeness (QED) is 0.628. The molecule has 1 heteroatoms. The van der Waals surface area contributed by atoms with E-state index in [2.05, 4.69) is 58.9 Å². The van der Waals surface area contributed by atoms with E-state index in [1.807, 2.05) is 0 Å². The van der Waals surface area contributed by atoms with Crippen molar-refractivity contribution < 1.29 is 4.74 Å². The largest absolute Gasteiger partial charge is 0.457 e. The molecule has 19 heavy (non-hydrogen) atoms. The summed E-state index contributed by atoms with van der Waals surface area (Å²) in [6.45, 7) is 10.9. The number of hydrogen-bond donors (Lipinski definition) is 0. The molecular formula is C18H20O. The van der Waals surface area contributed by atoms with Crippen LogP contribution in [0.5, 0.6) is 11.5 Å². The van der Waals surface area contributed by atoms with E-state index in [4.69, 9.17) is 4.74 Å². The summed E-state index contributed by atoms with van der Waals surface area (Å²) in [6.07, 6.45) is 0. The van der Waals surface area contributed by atoms with Crippen molar-refractivity contribution in [2.75, 3.05) is 0 Å². The summed E-state index contributed by atoms with van der Waals surface area (Å²) < 4.78 is 6.12. The zero-order valence-corrected chi connectivity index (χ0v) is 12.3.